The molecular formula is C21H38S. The van der Waals surface area contributed by atoms with Gasteiger partial charge in [-0.3, -0.25) is 0 Å². The van der Waals surface area contributed by atoms with Gasteiger partial charge in [-0.15, -0.1) is 11.3 Å². The molecule has 0 fully saturated rings. The number of thiophene rings is 1. The maximum atomic E-state index is 2.57. The predicted molar refractivity (Wildman–Crippen MR) is 103 cm³/mol. The molecule has 0 saturated carbocycles. The van der Waals surface area contributed by atoms with E-state index in [0.717, 1.165) is 0 Å². The second kappa shape index (κ2) is 8.52. The van der Waals surface area contributed by atoms with Crippen molar-refractivity contribution in [3.05, 3.63) is 21.4 Å². The molecule has 0 bridgehead atoms. The second-order valence-electron chi connectivity index (χ2n) is 7.78. The molecule has 0 N–H and O–H groups in total. The SMILES string of the molecule is CCCCCCc1cc(C(C)(CC)CC)sc1C(C)(C)CC. The van der Waals surface area contributed by atoms with Gasteiger partial charge in [0.25, 0.3) is 0 Å². The van der Waals surface area contributed by atoms with Gasteiger partial charge in [0.05, 0.1) is 0 Å². The Bertz CT molecular complexity index is 435. The standard InChI is InChI=1S/C21H38S/c1-8-12-13-14-15-17-16-18(21(7,10-3)11-4)22-19(17)20(5,6)9-2/h16H,8-15H2,1-7H3. The van der Waals surface area contributed by atoms with Gasteiger partial charge in [0.1, 0.15) is 0 Å². The van der Waals surface area contributed by atoms with E-state index in [0.29, 0.717) is 10.8 Å². The van der Waals surface area contributed by atoms with Gasteiger partial charge in [-0.25, -0.2) is 0 Å². The van der Waals surface area contributed by atoms with E-state index in [-0.39, 0.29) is 0 Å². The van der Waals surface area contributed by atoms with E-state index < -0.39 is 0 Å². The summed E-state index contributed by atoms with van der Waals surface area (Å²) < 4.78 is 0. The fraction of sp³-hybridized carbons (Fsp3) is 0.810. The van der Waals surface area contributed by atoms with Crippen LogP contribution in [0.25, 0.3) is 0 Å². The molecule has 0 amide bonds. The number of unbranched alkanes of at least 4 members (excludes halogenated alkanes) is 3. The van der Waals surface area contributed by atoms with Gasteiger partial charge in [-0.1, -0.05) is 67.7 Å². The summed E-state index contributed by atoms with van der Waals surface area (Å²) in [6.45, 7) is 16.6. The molecule has 0 aromatic carbocycles. The lowest BCUT2D eigenvalue weighted by molar-refractivity contribution is 0.447. The average Bonchev–Trinajstić information content (AvgIpc) is 2.96. The molecule has 128 valence electrons. The van der Waals surface area contributed by atoms with Crippen LogP contribution in [0.1, 0.15) is 109 Å². The van der Waals surface area contributed by atoms with E-state index in [4.69, 9.17) is 0 Å². The van der Waals surface area contributed by atoms with Gasteiger partial charge >= 0.3 is 0 Å². The zero-order chi connectivity index (χ0) is 16.8. The Hall–Kier alpha value is -0.300. The van der Waals surface area contributed by atoms with Crippen molar-refractivity contribution in [3.63, 3.8) is 0 Å². The van der Waals surface area contributed by atoms with E-state index in [9.17, 15) is 0 Å². The Labute approximate surface area is 143 Å². The first kappa shape index (κ1) is 19.7. The Balaban J connectivity index is 3.09. The number of hydrogen-bond acceptors (Lipinski definition) is 1. The molecule has 0 aliphatic carbocycles. The fourth-order valence-corrected chi connectivity index (χ4v) is 4.65. The first-order valence-corrected chi connectivity index (χ1v) is 10.3. The van der Waals surface area contributed by atoms with Crippen molar-refractivity contribution in [1.82, 2.24) is 0 Å². The monoisotopic (exact) mass is 322 g/mol. The van der Waals surface area contributed by atoms with Crippen LogP contribution < -0.4 is 0 Å². The molecule has 22 heavy (non-hydrogen) atoms. The molecule has 0 aliphatic heterocycles. The van der Waals surface area contributed by atoms with E-state index in [1.54, 1.807) is 15.3 Å². The van der Waals surface area contributed by atoms with Gasteiger partial charge in [0.2, 0.25) is 0 Å². The quantitative estimate of drug-likeness (QED) is 0.388. The zero-order valence-electron chi connectivity index (χ0n) is 16.1. The van der Waals surface area contributed by atoms with E-state index in [1.807, 2.05) is 0 Å². The van der Waals surface area contributed by atoms with Crippen LogP contribution in [0.4, 0.5) is 0 Å². The fourth-order valence-electron chi connectivity index (χ4n) is 2.99. The Morgan fingerprint density at radius 2 is 1.50 bits per heavy atom. The van der Waals surface area contributed by atoms with Crippen LogP contribution in [0.3, 0.4) is 0 Å². The van der Waals surface area contributed by atoms with Crippen molar-refractivity contribution < 1.29 is 0 Å². The first-order valence-electron chi connectivity index (χ1n) is 9.48. The molecule has 0 nitrogen and oxygen atoms in total. The summed E-state index contributed by atoms with van der Waals surface area (Å²) in [6, 6.07) is 2.57. The normalized spacial score (nSPS) is 12.9. The molecule has 1 heteroatoms. The summed E-state index contributed by atoms with van der Waals surface area (Å²) in [5.74, 6) is 0. The van der Waals surface area contributed by atoms with Crippen molar-refractivity contribution in [2.45, 2.75) is 111 Å². The molecule has 0 spiro atoms. The van der Waals surface area contributed by atoms with Crippen LogP contribution in [0.2, 0.25) is 0 Å². The molecule has 0 unspecified atom stereocenters. The molecule has 1 aromatic rings. The molecule has 1 aromatic heterocycles. The van der Waals surface area contributed by atoms with E-state index >= 15 is 0 Å². The highest BCUT2D eigenvalue weighted by molar-refractivity contribution is 7.12. The van der Waals surface area contributed by atoms with Gasteiger partial charge in [0.15, 0.2) is 0 Å². The lowest BCUT2D eigenvalue weighted by atomic mass is 9.81. The van der Waals surface area contributed by atoms with Crippen molar-refractivity contribution in [3.8, 4) is 0 Å². The van der Waals surface area contributed by atoms with Crippen molar-refractivity contribution in [1.29, 1.82) is 0 Å². The summed E-state index contributed by atoms with van der Waals surface area (Å²) in [4.78, 5) is 3.29. The summed E-state index contributed by atoms with van der Waals surface area (Å²) in [5.41, 5.74) is 2.34. The predicted octanol–water partition coefficient (Wildman–Crippen LogP) is 7.64. The van der Waals surface area contributed by atoms with Gasteiger partial charge in [-0.05, 0) is 49.1 Å². The lowest BCUT2D eigenvalue weighted by Gasteiger charge is -2.26. The first-order chi connectivity index (χ1) is 10.3. The van der Waals surface area contributed by atoms with Crippen molar-refractivity contribution in [2.24, 2.45) is 0 Å². The largest absolute Gasteiger partial charge is 0.144 e. The molecule has 0 radical (unpaired) electrons. The van der Waals surface area contributed by atoms with Crippen LogP contribution in [-0.4, -0.2) is 0 Å². The summed E-state index contributed by atoms with van der Waals surface area (Å²) in [7, 11) is 0. The molecule has 1 rings (SSSR count). The minimum Gasteiger partial charge on any atom is -0.144 e. The third-order valence-electron chi connectivity index (χ3n) is 5.76. The Kier molecular flexibility index (Phi) is 7.65. The number of rotatable bonds is 10. The second-order valence-corrected chi connectivity index (χ2v) is 8.83. The van der Waals surface area contributed by atoms with Crippen LogP contribution in [-0.2, 0) is 17.3 Å². The van der Waals surface area contributed by atoms with Crippen LogP contribution in [0.5, 0.6) is 0 Å². The average molecular weight is 323 g/mol. The van der Waals surface area contributed by atoms with Gasteiger partial charge in [-0.2, -0.15) is 0 Å². The zero-order valence-corrected chi connectivity index (χ0v) is 17.0. The highest BCUT2D eigenvalue weighted by Gasteiger charge is 2.30. The van der Waals surface area contributed by atoms with Gasteiger partial charge < -0.3 is 0 Å². The maximum absolute atomic E-state index is 2.57. The summed E-state index contributed by atoms with van der Waals surface area (Å²) >= 11 is 2.11. The summed E-state index contributed by atoms with van der Waals surface area (Å²) in [5, 5.41) is 0. The molecular weight excluding hydrogens is 284 g/mol. The van der Waals surface area contributed by atoms with E-state index in [2.05, 4.69) is 65.9 Å². The minimum absolute atomic E-state index is 0.325. The van der Waals surface area contributed by atoms with Crippen LogP contribution in [0.15, 0.2) is 6.07 Å². The summed E-state index contributed by atoms with van der Waals surface area (Å²) in [6.07, 6.45) is 10.4. The highest BCUT2D eigenvalue weighted by atomic mass is 32.1. The molecule has 0 saturated heterocycles. The lowest BCUT2D eigenvalue weighted by Crippen LogP contribution is -2.17. The third-order valence-corrected chi connectivity index (χ3v) is 7.61. The molecule has 1 heterocycles. The van der Waals surface area contributed by atoms with Gasteiger partial charge in [0, 0.05) is 15.2 Å². The molecule has 0 atom stereocenters. The van der Waals surface area contributed by atoms with E-state index in [1.165, 1.54) is 51.4 Å². The third kappa shape index (κ3) is 4.60. The Morgan fingerprint density at radius 3 is 2.00 bits per heavy atom. The van der Waals surface area contributed by atoms with Crippen LogP contribution >= 0.6 is 11.3 Å². The smallest absolute Gasteiger partial charge is 0.0137 e. The van der Waals surface area contributed by atoms with Crippen LogP contribution in [0, 0.1) is 0 Å². The minimum atomic E-state index is 0.325. The topological polar surface area (TPSA) is 0 Å². The van der Waals surface area contributed by atoms with Crippen molar-refractivity contribution >= 4 is 11.3 Å². The number of hydrogen-bond donors (Lipinski definition) is 0. The Morgan fingerprint density at radius 1 is 0.864 bits per heavy atom. The highest BCUT2D eigenvalue weighted by Crippen LogP contribution is 2.43. The number of aryl methyl sites for hydroxylation is 1. The maximum Gasteiger partial charge on any atom is 0.0137 e. The van der Waals surface area contributed by atoms with Crippen molar-refractivity contribution in [2.75, 3.05) is 0 Å². The molecule has 0 aliphatic rings.